The van der Waals surface area contributed by atoms with Crippen molar-refractivity contribution in [3.8, 4) is 5.75 Å². The number of carbonyl (C=O) groups excluding carboxylic acids is 1. The molecular weight excluding hydrogens is 282 g/mol. The maximum atomic E-state index is 12.5. The molecule has 120 valence electrons. The van der Waals surface area contributed by atoms with Gasteiger partial charge in [-0.1, -0.05) is 19.1 Å². The summed E-state index contributed by atoms with van der Waals surface area (Å²) < 4.78 is 5.21. The molecule has 0 spiro atoms. The summed E-state index contributed by atoms with van der Waals surface area (Å²) in [5.41, 5.74) is 1.06. The van der Waals surface area contributed by atoms with Gasteiger partial charge in [-0.05, 0) is 36.5 Å². The van der Waals surface area contributed by atoms with Crippen molar-refractivity contribution in [3.63, 3.8) is 0 Å². The van der Waals surface area contributed by atoms with Crippen LogP contribution in [0.25, 0.3) is 0 Å². The van der Waals surface area contributed by atoms with E-state index in [1.165, 1.54) is 0 Å². The minimum absolute atomic E-state index is 0.0408. The third-order valence-corrected chi connectivity index (χ3v) is 4.25. The average molecular weight is 305 g/mol. The highest BCUT2D eigenvalue weighted by molar-refractivity contribution is 5.78. The third kappa shape index (κ3) is 4.00. The van der Waals surface area contributed by atoms with Gasteiger partial charge in [0.2, 0.25) is 5.91 Å². The van der Waals surface area contributed by atoms with Crippen LogP contribution in [-0.2, 0) is 9.59 Å². The van der Waals surface area contributed by atoms with Gasteiger partial charge in [0.05, 0.1) is 13.5 Å². The predicted molar refractivity (Wildman–Crippen MR) is 83.0 cm³/mol. The molecule has 2 unspecified atom stereocenters. The van der Waals surface area contributed by atoms with E-state index in [0.29, 0.717) is 13.0 Å². The zero-order valence-corrected chi connectivity index (χ0v) is 13.1. The van der Waals surface area contributed by atoms with Crippen LogP contribution in [-0.4, -0.2) is 41.6 Å². The average Bonchev–Trinajstić information content (AvgIpc) is 2.94. The smallest absolute Gasteiger partial charge is 0.305 e. The lowest BCUT2D eigenvalue weighted by molar-refractivity contribution is -0.140. The Balaban J connectivity index is 1.99. The maximum absolute atomic E-state index is 12.5. The molecule has 1 aliphatic rings. The Morgan fingerprint density at radius 2 is 2.23 bits per heavy atom. The van der Waals surface area contributed by atoms with E-state index in [1.54, 1.807) is 12.0 Å². The van der Waals surface area contributed by atoms with Crippen LogP contribution in [0.3, 0.4) is 0 Å². The summed E-state index contributed by atoms with van der Waals surface area (Å²) in [4.78, 5) is 25.1. The highest BCUT2D eigenvalue weighted by Crippen LogP contribution is 2.27. The molecule has 1 heterocycles. The number of carbonyl (C=O) groups is 2. The molecule has 0 aliphatic carbocycles. The van der Waals surface area contributed by atoms with Gasteiger partial charge in [0.1, 0.15) is 5.75 Å². The molecule has 22 heavy (non-hydrogen) atoms. The Kier molecular flexibility index (Phi) is 5.41. The summed E-state index contributed by atoms with van der Waals surface area (Å²) in [5, 5.41) is 8.94. The first-order valence-electron chi connectivity index (χ1n) is 7.66. The lowest BCUT2D eigenvalue weighted by atomic mass is 9.96. The van der Waals surface area contributed by atoms with Gasteiger partial charge >= 0.3 is 5.97 Å². The SMILES string of the molecule is COc1cccc(C(C)CC(=O)N2CCCC2CC(=O)O)c1. The normalized spacial score (nSPS) is 19.0. The number of likely N-dealkylation sites (tertiary alicyclic amines) is 1. The fraction of sp³-hybridized carbons (Fsp3) is 0.529. The number of nitrogens with zero attached hydrogens (tertiary/aromatic N) is 1. The van der Waals surface area contributed by atoms with E-state index in [-0.39, 0.29) is 24.3 Å². The van der Waals surface area contributed by atoms with Gasteiger partial charge in [-0.2, -0.15) is 0 Å². The molecular formula is C17H23NO4. The first kappa shape index (κ1) is 16.3. The number of carboxylic acids is 1. The summed E-state index contributed by atoms with van der Waals surface area (Å²) in [6.45, 7) is 2.68. The zero-order valence-electron chi connectivity index (χ0n) is 13.1. The molecule has 1 aromatic rings. The topological polar surface area (TPSA) is 66.8 Å². The lowest BCUT2D eigenvalue weighted by Crippen LogP contribution is -2.37. The first-order valence-corrected chi connectivity index (χ1v) is 7.66. The maximum Gasteiger partial charge on any atom is 0.305 e. The number of ether oxygens (including phenoxy) is 1. The van der Waals surface area contributed by atoms with Crippen molar-refractivity contribution >= 4 is 11.9 Å². The van der Waals surface area contributed by atoms with E-state index in [4.69, 9.17) is 9.84 Å². The van der Waals surface area contributed by atoms with Crippen molar-refractivity contribution in [2.24, 2.45) is 0 Å². The molecule has 5 heteroatoms. The molecule has 1 N–H and O–H groups in total. The van der Waals surface area contributed by atoms with E-state index in [1.807, 2.05) is 31.2 Å². The standard InChI is InChI=1S/C17H23NO4/c1-12(13-5-3-7-15(10-13)22-2)9-16(19)18-8-4-6-14(18)11-17(20)21/h3,5,7,10,12,14H,4,6,8-9,11H2,1-2H3,(H,20,21). The number of aliphatic carboxylic acids is 1. The molecule has 1 fully saturated rings. The second kappa shape index (κ2) is 7.29. The Morgan fingerprint density at radius 1 is 1.45 bits per heavy atom. The number of amides is 1. The van der Waals surface area contributed by atoms with Gasteiger partial charge in [0.25, 0.3) is 0 Å². The van der Waals surface area contributed by atoms with Crippen LogP contribution >= 0.6 is 0 Å². The van der Waals surface area contributed by atoms with Gasteiger partial charge in [-0.25, -0.2) is 0 Å². The zero-order chi connectivity index (χ0) is 16.1. The summed E-state index contributed by atoms with van der Waals surface area (Å²) in [7, 11) is 1.62. The number of hydrogen-bond donors (Lipinski definition) is 1. The fourth-order valence-corrected chi connectivity index (χ4v) is 3.02. The Hall–Kier alpha value is -2.04. The van der Waals surface area contributed by atoms with E-state index in [0.717, 1.165) is 24.2 Å². The third-order valence-electron chi connectivity index (χ3n) is 4.25. The highest BCUT2D eigenvalue weighted by Gasteiger charge is 2.30. The minimum atomic E-state index is -0.842. The molecule has 5 nitrogen and oxygen atoms in total. The molecule has 1 saturated heterocycles. The van der Waals surface area contributed by atoms with Crippen LogP contribution in [0.15, 0.2) is 24.3 Å². The van der Waals surface area contributed by atoms with E-state index >= 15 is 0 Å². The van der Waals surface area contributed by atoms with E-state index < -0.39 is 5.97 Å². The number of methoxy groups -OCH3 is 1. The number of carboxylic acid groups (broad SMARTS) is 1. The van der Waals surface area contributed by atoms with Crippen molar-refractivity contribution < 1.29 is 19.4 Å². The van der Waals surface area contributed by atoms with Crippen LogP contribution in [0.5, 0.6) is 5.75 Å². The van der Waals surface area contributed by atoms with Crippen LogP contribution in [0.2, 0.25) is 0 Å². The molecule has 0 bridgehead atoms. The van der Waals surface area contributed by atoms with Crippen molar-refractivity contribution in [1.29, 1.82) is 0 Å². The van der Waals surface area contributed by atoms with Gasteiger partial charge < -0.3 is 14.7 Å². The van der Waals surface area contributed by atoms with Crippen LogP contribution in [0, 0.1) is 0 Å². The van der Waals surface area contributed by atoms with Crippen molar-refractivity contribution in [2.75, 3.05) is 13.7 Å². The van der Waals surface area contributed by atoms with E-state index in [2.05, 4.69) is 0 Å². The number of benzene rings is 1. The Labute approximate surface area is 130 Å². The molecule has 1 aromatic carbocycles. The van der Waals surface area contributed by atoms with Crippen molar-refractivity contribution in [3.05, 3.63) is 29.8 Å². The van der Waals surface area contributed by atoms with Gasteiger partial charge in [-0.3, -0.25) is 9.59 Å². The number of hydrogen-bond acceptors (Lipinski definition) is 3. The van der Waals surface area contributed by atoms with Crippen molar-refractivity contribution in [1.82, 2.24) is 4.90 Å². The Morgan fingerprint density at radius 3 is 2.91 bits per heavy atom. The molecule has 0 radical (unpaired) electrons. The second-order valence-electron chi connectivity index (χ2n) is 5.86. The van der Waals surface area contributed by atoms with E-state index in [9.17, 15) is 9.59 Å². The molecule has 2 atom stereocenters. The van der Waals surface area contributed by atoms with Gasteiger partial charge in [0, 0.05) is 19.0 Å². The van der Waals surface area contributed by atoms with Gasteiger partial charge in [0.15, 0.2) is 0 Å². The van der Waals surface area contributed by atoms with Crippen LogP contribution in [0.1, 0.15) is 44.1 Å². The lowest BCUT2D eigenvalue weighted by Gasteiger charge is -2.25. The summed E-state index contributed by atoms with van der Waals surface area (Å²) >= 11 is 0. The summed E-state index contributed by atoms with van der Waals surface area (Å²) in [6.07, 6.45) is 2.10. The number of rotatable bonds is 6. The molecule has 1 amide bonds. The largest absolute Gasteiger partial charge is 0.497 e. The monoisotopic (exact) mass is 305 g/mol. The highest BCUT2D eigenvalue weighted by atomic mass is 16.5. The fourth-order valence-electron chi connectivity index (χ4n) is 3.02. The Bertz CT molecular complexity index is 543. The molecule has 1 aliphatic heterocycles. The van der Waals surface area contributed by atoms with Crippen molar-refractivity contribution in [2.45, 2.75) is 44.6 Å². The molecule has 2 rings (SSSR count). The summed E-state index contributed by atoms with van der Waals surface area (Å²) in [6, 6.07) is 7.57. The van der Waals surface area contributed by atoms with Crippen LogP contribution in [0.4, 0.5) is 0 Å². The van der Waals surface area contributed by atoms with Crippen LogP contribution < -0.4 is 4.74 Å². The quantitative estimate of drug-likeness (QED) is 0.877. The van der Waals surface area contributed by atoms with Gasteiger partial charge in [-0.15, -0.1) is 0 Å². The first-order chi connectivity index (χ1) is 10.5. The molecule has 0 aromatic heterocycles. The summed E-state index contributed by atoms with van der Waals surface area (Å²) in [5.74, 6) is 0.0556. The predicted octanol–water partition coefficient (Wildman–Crippen LogP) is 2.65. The minimum Gasteiger partial charge on any atom is -0.497 e. The second-order valence-corrected chi connectivity index (χ2v) is 5.86. The molecule has 0 saturated carbocycles.